The normalized spacial score (nSPS) is 19.7. The number of hydrogen-bond acceptors (Lipinski definition) is 11. The van der Waals surface area contributed by atoms with Crippen molar-refractivity contribution in [1.29, 1.82) is 0 Å². The number of benzene rings is 2. The highest BCUT2D eigenvalue weighted by molar-refractivity contribution is 6.07. The number of allylic oxidation sites excluding steroid dienone is 1. The Morgan fingerprint density at radius 2 is 1.71 bits per heavy atom. The summed E-state index contributed by atoms with van der Waals surface area (Å²) in [6.07, 6.45) is 4.67. The van der Waals surface area contributed by atoms with E-state index < -0.39 is 34.8 Å². The molecular weight excluding hydrogens is 618 g/mol. The number of non-ortho nitro benzene ring substituents is 1. The molecule has 0 bridgehead atoms. The van der Waals surface area contributed by atoms with Crippen LogP contribution in [0.15, 0.2) is 64.8 Å². The summed E-state index contributed by atoms with van der Waals surface area (Å²) in [5, 5.41) is 25.4. The number of ether oxygens (including phenoxy) is 4. The lowest BCUT2D eigenvalue weighted by Gasteiger charge is -2.32. The first-order chi connectivity index (χ1) is 23.2. The lowest BCUT2D eigenvalue weighted by molar-refractivity contribution is -0.385. The Balaban J connectivity index is 1.26. The monoisotopic (exact) mass is 663 g/mol. The zero-order valence-corrected chi connectivity index (χ0v) is 27.6. The fourth-order valence-electron chi connectivity index (χ4n) is 5.67. The number of nitro benzene ring substituents is 1. The Morgan fingerprint density at radius 1 is 1.00 bits per heavy atom. The fraction of sp³-hybridized carbons (Fsp3) is 0.528. The topological polar surface area (TPSA) is 159 Å². The molecule has 2 fully saturated rings. The largest absolute Gasteiger partial charge is 0.493 e. The minimum Gasteiger partial charge on any atom is -0.493 e. The Kier molecular flexibility index (Phi) is 12.2. The molecule has 3 unspecified atom stereocenters. The highest BCUT2D eigenvalue weighted by Crippen LogP contribution is 2.45. The average Bonchev–Trinajstić information content (AvgIpc) is 4.01. The average molecular weight is 664 g/mol. The summed E-state index contributed by atoms with van der Waals surface area (Å²) in [6, 6.07) is 13.6. The molecule has 3 aliphatic rings. The van der Waals surface area contributed by atoms with Gasteiger partial charge in [-0.2, -0.15) is 0 Å². The molecule has 0 radical (unpaired) electrons. The van der Waals surface area contributed by atoms with Gasteiger partial charge in [0.1, 0.15) is 30.1 Å². The number of unbranched alkanes of at least 4 members (excludes halogenated alkanes) is 1. The van der Waals surface area contributed by atoms with Gasteiger partial charge < -0.3 is 29.4 Å². The summed E-state index contributed by atoms with van der Waals surface area (Å²) in [6.45, 7) is 5.40. The van der Waals surface area contributed by atoms with Crippen LogP contribution in [-0.2, 0) is 19.1 Å². The minimum absolute atomic E-state index is 0.174. The first kappa shape index (κ1) is 35.0. The molecule has 1 aliphatic heterocycles. The first-order valence-electron chi connectivity index (χ1n) is 16.8. The Labute approximate surface area is 280 Å². The molecule has 0 aromatic heterocycles. The maximum Gasteiger partial charge on any atom is 0.336 e. The molecule has 48 heavy (non-hydrogen) atoms. The van der Waals surface area contributed by atoms with Gasteiger partial charge in [-0.25, -0.2) is 4.79 Å². The zero-order valence-electron chi connectivity index (χ0n) is 27.6. The molecule has 2 aromatic rings. The quantitative estimate of drug-likeness (QED) is 0.0892. The molecule has 0 amide bonds. The number of esters is 2. The van der Waals surface area contributed by atoms with Crippen molar-refractivity contribution in [1.82, 2.24) is 5.32 Å². The Bertz CT molecular complexity index is 1500. The SMILES string of the molecule is CC1=NC(C)=C(C(=O)OCC2CC2)C(c2cc([N+](=O)[O-])ccc2OCCCCNCC(O)COc2ccccc2)C1C(=O)OCC1CC1. The van der Waals surface area contributed by atoms with Crippen LogP contribution in [-0.4, -0.2) is 73.3 Å². The predicted octanol–water partition coefficient (Wildman–Crippen LogP) is 5.14. The van der Waals surface area contributed by atoms with E-state index in [0.717, 1.165) is 32.1 Å². The Morgan fingerprint density at radius 3 is 2.40 bits per heavy atom. The summed E-state index contributed by atoms with van der Waals surface area (Å²) < 4.78 is 23.2. The number of aliphatic hydroxyl groups excluding tert-OH is 1. The minimum atomic E-state index is -0.984. The smallest absolute Gasteiger partial charge is 0.336 e. The third kappa shape index (κ3) is 9.86. The van der Waals surface area contributed by atoms with Gasteiger partial charge in [-0.1, -0.05) is 18.2 Å². The number of carbonyl (C=O) groups excluding carboxylic acids is 2. The molecule has 2 N–H and O–H groups in total. The maximum atomic E-state index is 13.6. The van der Waals surface area contributed by atoms with Crippen molar-refractivity contribution in [3.8, 4) is 11.5 Å². The van der Waals surface area contributed by atoms with Gasteiger partial charge in [-0.05, 0) is 89.0 Å². The van der Waals surface area contributed by atoms with E-state index in [2.05, 4.69) is 10.3 Å². The van der Waals surface area contributed by atoms with Crippen molar-refractivity contribution in [3.63, 3.8) is 0 Å². The molecule has 2 saturated carbocycles. The number of nitrogens with one attached hydrogen (secondary N) is 1. The lowest BCUT2D eigenvalue weighted by Crippen LogP contribution is -2.37. The standard InChI is InChI=1S/C36H45N3O9/c1-23-32(35(41)47-20-25-10-11-25)34(33(24(2)38-23)36(42)48-21-26-12-13-26)30-18-27(39(43)44)14-15-31(30)45-17-7-6-16-37-19-28(40)22-46-29-8-4-3-5-9-29/h3-5,8-9,14-15,18,25-26,28,32,34,37,40H,6-7,10-13,16-17,19-22H2,1-2H3. The van der Waals surface area contributed by atoms with Crippen LogP contribution in [0.4, 0.5) is 5.69 Å². The summed E-state index contributed by atoms with van der Waals surface area (Å²) in [7, 11) is 0. The van der Waals surface area contributed by atoms with E-state index in [-0.39, 0.29) is 37.7 Å². The van der Waals surface area contributed by atoms with Crippen molar-refractivity contribution >= 4 is 23.3 Å². The molecule has 12 heteroatoms. The highest BCUT2D eigenvalue weighted by Gasteiger charge is 2.45. The van der Waals surface area contributed by atoms with Gasteiger partial charge in [0.25, 0.3) is 5.69 Å². The van der Waals surface area contributed by atoms with Crippen molar-refractivity contribution in [3.05, 3.63) is 75.5 Å². The molecule has 0 saturated heterocycles. The Hall–Kier alpha value is -4.29. The number of nitrogens with zero attached hydrogens (tertiary/aromatic N) is 2. The molecule has 3 atom stereocenters. The number of aliphatic imine (C=N–C) groups is 1. The van der Waals surface area contributed by atoms with Gasteiger partial charge in [0.05, 0.1) is 30.3 Å². The third-order valence-corrected chi connectivity index (χ3v) is 8.72. The van der Waals surface area contributed by atoms with E-state index in [4.69, 9.17) is 18.9 Å². The van der Waals surface area contributed by atoms with E-state index in [1.54, 1.807) is 13.8 Å². The summed E-state index contributed by atoms with van der Waals surface area (Å²) in [5.74, 6) is -1.39. The van der Waals surface area contributed by atoms with Crippen LogP contribution in [0.3, 0.4) is 0 Å². The molecule has 258 valence electrons. The van der Waals surface area contributed by atoms with Gasteiger partial charge in [0, 0.05) is 41.6 Å². The van der Waals surface area contributed by atoms with Crippen molar-refractivity contribution in [2.45, 2.75) is 64.4 Å². The van der Waals surface area contributed by atoms with Gasteiger partial charge in [0.15, 0.2) is 0 Å². The van der Waals surface area contributed by atoms with Crippen molar-refractivity contribution in [2.24, 2.45) is 22.7 Å². The molecule has 5 rings (SSSR count). The van der Waals surface area contributed by atoms with Crippen molar-refractivity contribution in [2.75, 3.05) is 39.5 Å². The van der Waals surface area contributed by atoms with Crippen LogP contribution in [0, 0.1) is 27.9 Å². The second-order valence-corrected chi connectivity index (χ2v) is 12.8. The summed E-state index contributed by atoms with van der Waals surface area (Å²) in [4.78, 5) is 43.2. The number of hydrogen-bond donors (Lipinski definition) is 2. The summed E-state index contributed by atoms with van der Waals surface area (Å²) in [5.41, 5.74) is 1.18. The van der Waals surface area contributed by atoms with E-state index in [1.165, 1.54) is 18.2 Å². The maximum absolute atomic E-state index is 13.6. The number of aliphatic hydroxyl groups is 1. The highest BCUT2D eigenvalue weighted by atomic mass is 16.6. The van der Waals surface area contributed by atoms with Gasteiger partial charge in [-0.3, -0.25) is 19.9 Å². The van der Waals surface area contributed by atoms with Crippen LogP contribution < -0.4 is 14.8 Å². The third-order valence-electron chi connectivity index (χ3n) is 8.72. The molecule has 1 heterocycles. The number of rotatable bonds is 19. The van der Waals surface area contributed by atoms with Gasteiger partial charge in [0.2, 0.25) is 0 Å². The molecule has 2 aliphatic carbocycles. The van der Waals surface area contributed by atoms with Gasteiger partial charge in [-0.15, -0.1) is 0 Å². The van der Waals surface area contributed by atoms with Crippen molar-refractivity contribution < 1.29 is 38.6 Å². The van der Waals surface area contributed by atoms with E-state index in [1.807, 2.05) is 30.3 Å². The number of nitro groups is 1. The van der Waals surface area contributed by atoms with E-state index in [9.17, 15) is 24.8 Å². The van der Waals surface area contributed by atoms with Crippen LogP contribution in [0.1, 0.15) is 63.9 Å². The first-order valence-corrected chi connectivity index (χ1v) is 16.8. The van der Waals surface area contributed by atoms with Crippen LogP contribution in [0.25, 0.3) is 0 Å². The second kappa shape index (κ2) is 16.7. The van der Waals surface area contributed by atoms with Crippen LogP contribution in [0.5, 0.6) is 11.5 Å². The molecule has 12 nitrogen and oxygen atoms in total. The van der Waals surface area contributed by atoms with Gasteiger partial charge >= 0.3 is 11.9 Å². The van der Waals surface area contributed by atoms with E-state index in [0.29, 0.717) is 59.8 Å². The number of carbonyl (C=O) groups is 2. The molecule has 0 spiro atoms. The number of para-hydroxylation sites is 1. The predicted molar refractivity (Wildman–Crippen MR) is 178 cm³/mol. The van der Waals surface area contributed by atoms with Crippen LogP contribution >= 0.6 is 0 Å². The van der Waals surface area contributed by atoms with Crippen LogP contribution in [0.2, 0.25) is 0 Å². The van der Waals surface area contributed by atoms with E-state index >= 15 is 0 Å². The molecular formula is C36H45N3O9. The summed E-state index contributed by atoms with van der Waals surface area (Å²) >= 11 is 0. The zero-order chi connectivity index (χ0) is 34.0. The fourth-order valence-corrected chi connectivity index (χ4v) is 5.67. The lowest BCUT2D eigenvalue weighted by atomic mass is 9.75. The second-order valence-electron chi connectivity index (χ2n) is 12.8. The molecule has 2 aromatic carbocycles.